The number of nitrogens with zero attached hydrogens (tertiary/aromatic N) is 2. The molecule has 31 heavy (non-hydrogen) atoms. The van der Waals surface area contributed by atoms with E-state index in [-0.39, 0.29) is 21.8 Å². The molecule has 0 saturated heterocycles. The SMILES string of the molecule is CC(C)c1cccc(C(C)C)c1N1[CH]N(c2c(C(C)C)cccc2C(C)C)C=C1.[Cu+].[F-]. The Hall–Kier alpha value is -1.77. The summed E-state index contributed by atoms with van der Waals surface area (Å²) in [5, 5.41) is 0. The number of rotatable bonds is 6. The first-order valence-electron chi connectivity index (χ1n) is 11.1. The van der Waals surface area contributed by atoms with Gasteiger partial charge in [-0.2, -0.15) is 0 Å². The van der Waals surface area contributed by atoms with Gasteiger partial charge in [-0.15, -0.1) is 0 Å². The molecule has 1 heterocycles. The molecular weight excluding hydrogens is 435 g/mol. The Bertz CT molecular complexity index is 763. The van der Waals surface area contributed by atoms with Crippen molar-refractivity contribution in [3.05, 3.63) is 77.7 Å². The molecule has 0 N–H and O–H groups in total. The van der Waals surface area contributed by atoms with Crippen LogP contribution in [0.15, 0.2) is 48.8 Å². The molecule has 0 amide bonds. The Kier molecular flexibility index (Phi) is 9.85. The summed E-state index contributed by atoms with van der Waals surface area (Å²) in [5.74, 6) is 1.92. The van der Waals surface area contributed by atoms with Crippen LogP contribution in [0, 0.1) is 6.67 Å². The first-order chi connectivity index (χ1) is 13.7. The second-order valence-corrected chi connectivity index (χ2v) is 9.42. The fraction of sp³-hybridized carbons (Fsp3) is 0.444. The van der Waals surface area contributed by atoms with Crippen molar-refractivity contribution in [3.63, 3.8) is 0 Å². The maximum Gasteiger partial charge on any atom is 1.00 e. The molecule has 0 unspecified atom stereocenters. The summed E-state index contributed by atoms with van der Waals surface area (Å²) in [6.07, 6.45) is 4.43. The minimum absolute atomic E-state index is 0. The normalized spacial score (nSPS) is 13.4. The number of halogens is 1. The summed E-state index contributed by atoms with van der Waals surface area (Å²) >= 11 is 0. The maximum atomic E-state index is 2.33. The van der Waals surface area contributed by atoms with Crippen LogP contribution in [0.2, 0.25) is 0 Å². The van der Waals surface area contributed by atoms with Gasteiger partial charge in [-0.1, -0.05) is 91.8 Å². The van der Waals surface area contributed by atoms with Crippen LogP contribution in [0.25, 0.3) is 0 Å². The standard InChI is InChI=1S/C27H37N2.Cu.FH/c1-18(2)22-11-9-12-23(19(3)4)26(22)28-15-16-29(17-28)27-24(20(5)6)13-10-14-25(27)21(7)8;;/h9-21H,1-8H3;;1H/q;+1;/p-1. The van der Waals surface area contributed by atoms with E-state index in [1.54, 1.807) is 0 Å². The third-order valence-corrected chi connectivity index (χ3v) is 5.84. The monoisotopic (exact) mass is 471 g/mol. The molecule has 1 aliphatic heterocycles. The Morgan fingerprint density at radius 1 is 0.516 bits per heavy atom. The van der Waals surface area contributed by atoms with Crippen molar-refractivity contribution >= 4 is 11.4 Å². The van der Waals surface area contributed by atoms with E-state index in [9.17, 15) is 0 Å². The third kappa shape index (κ3) is 5.54. The van der Waals surface area contributed by atoms with E-state index in [2.05, 4.69) is 121 Å². The smallest absolute Gasteiger partial charge is 1.00 e. The van der Waals surface area contributed by atoms with Crippen molar-refractivity contribution in [1.82, 2.24) is 0 Å². The Balaban J connectivity index is 0.00000240. The first kappa shape index (κ1) is 27.3. The zero-order valence-electron chi connectivity index (χ0n) is 20.1. The molecule has 2 nitrogen and oxygen atoms in total. The van der Waals surface area contributed by atoms with E-state index in [1.165, 1.54) is 33.6 Å². The van der Waals surface area contributed by atoms with Crippen molar-refractivity contribution in [2.24, 2.45) is 0 Å². The van der Waals surface area contributed by atoms with Gasteiger partial charge >= 0.3 is 17.1 Å². The maximum absolute atomic E-state index is 2.33. The molecule has 0 fully saturated rings. The van der Waals surface area contributed by atoms with Gasteiger partial charge in [0.1, 0.15) is 0 Å². The molecule has 3 rings (SSSR count). The van der Waals surface area contributed by atoms with E-state index in [0.717, 1.165) is 0 Å². The Morgan fingerprint density at radius 2 is 0.774 bits per heavy atom. The topological polar surface area (TPSA) is 6.48 Å². The molecule has 0 spiro atoms. The summed E-state index contributed by atoms with van der Waals surface area (Å²) in [7, 11) is 0. The van der Waals surface area contributed by atoms with Crippen LogP contribution in [-0.2, 0) is 17.1 Å². The van der Waals surface area contributed by atoms with Gasteiger partial charge in [0.25, 0.3) is 0 Å². The summed E-state index contributed by atoms with van der Waals surface area (Å²) in [6.45, 7) is 20.5. The van der Waals surface area contributed by atoms with Gasteiger partial charge in [0.05, 0.1) is 0 Å². The van der Waals surface area contributed by atoms with Gasteiger partial charge in [0, 0.05) is 23.8 Å². The van der Waals surface area contributed by atoms with E-state index in [0.29, 0.717) is 23.7 Å². The number of benzene rings is 2. The molecule has 1 aliphatic rings. The molecule has 173 valence electrons. The molecule has 0 saturated carbocycles. The van der Waals surface area contributed by atoms with Crippen LogP contribution in [0.5, 0.6) is 0 Å². The summed E-state index contributed by atoms with van der Waals surface area (Å²) < 4.78 is 0. The van der Waals surface area contributed by atoms with Crippen LogP contribution < -0.4 is 14.5 Å². The zero-order chi connectivity index (χ0) is 21.3. The second-order valence-electron chi connectivity index (χ2n) is 9.42. The van der Waals surface area contributed by atoms with Crippen LogP contribution in [0.3, 0.4) is 0 Å². The van der Waals surface area contributed by atoms with Crippen LogP contribution in [0.4, 0.5) is 11.4 Å². The second kappa shape index (κ2) is 11.2. The molecule has 2 aromatic carbocycles. The van der Waals surface area contributed by atoms with Gasteiger partial charge in [-0.05, 0) is 45.9 Å². The van der Waals surface area contributed by atoms with E-state index in [1.807, 2.05) is 0 Å². The number of hydrogen-bond acceptors (Lipinski definition) is 2. The quantitative estimate of drug-likeness (QED) is 0.541. The van der Waals surface area contributed by atoms with Crippen molar-refractivity contribution in [2.45, 2.75) is 79.1 Å². The van der Waals surface area contributed by atoms with E-state index in [4.69, 9.17) is 0 Å². The molecular formula is C27H37CuFN2. The van der Waals surface area contributed by atoms with Crippen molar-refractivity contribution < 1.29 is 21.8 Å². The largest absolute Gasteiger partial charge is 1.00 e. The number of anilines is 2. The Labute approximate surface area is 199 Å². The van der Waals surface area contributed by atoms with Gasteiger partial charge in [-0.25, -0.2) is 0 Å². The third-order valence-electron chi connectivity index (χ3n) is 5.84. The van der Waals surface area contributed by atoms with E-state index >= 15 is 0 Å². The fourth-order valence-electron chi connectivity index (χ4n) is 4.24. The van der Waals surface area contributed by atoms with Crippen LogP contribution in [0.1, 0.15) is 101 Å². The van der Waals surface area contributed by atoms with Crippen molar-refractivity contribution in [1.29, 1.82) is 0 Å². The minimum atomic E-state index is 0. The van der Waals surface area contributed by atoms with Gasteiger partial charge in [-0.3, -0.25) is 0 Å². The first-order valence-corrected chi connectivity index (χ1v) is 11.1. The van der Waals surface area contributed by atoms with Gasteiger partial charge in [0.2, 0.25) is 0 Å². The number of hydrogen-bond donors (Lipinski definition) is 0. The van der Waals surface area contributed by atoms with E-state index < -0.39 is 0 Å². The molecule has 2 aromatic rings. The van der Waals surface area contributed by atoms with Crippen molar-refractivity contribution in [3.8, 4) is 0 Å². The minimum Gasteiger partial charge on any atom is -1.00 e. The fourth-order valence-corrected chi connectivity index (χ4v) is 4.24. The average molecular weight is 472 g/mol. The molecule has 1 radical (unpaired) electrons. The average Bonchev–Trinajstić information content (AvgIpc) is 3.15. The van der Waals surface area contributed by atoms with Gasteiger partial charge < -0.3 is 14.5 Å². The van der Waals surface area contributed by atoms with Crippen molar-refractivity contribution in [2.75, 3.05) is 9.80 Å². The molecule has 4 heteroatoms. The Morgan fingerprint density at radius 3 is 1.00 bits per heavy atom. The molecule has 0 aliphatic carbocycles. The summed E-state index contributed by atoms with van der Waals surface area (Å²) in [5.41, 5.74) is 8.29. The zero-order valence-corrected chi connectivity index (χ0v) is 21.0. The summed E-state index contributed by atoms with van der Waals surface area (Å²) in [4.78, 5) is 4.65. The molecule has 0 aromatic heterocycles. The molecule has 0 bridgehead atoms. The molecule has 0 atom stereocenters. The summed E-state index contributed by atoms with van der Waals surface area (Å²) in [6, 6.07) is 13.5. The predicted molar refractivity (Wildman–Crippen MR) is 128 cm³/mol. The van der Waals surface area contributed by atoms with Crippen LogP contribution >= 0.6 is 0 Å². The number of para-hydroxylation sites is 2. The predicted octanol–water partition coefficient (Wildman–Crippen LogP) is 5.10. The van der Waals surface area contributed by atoms with Crippen LogP contribution in [-0.4, -0.2) is 0 Å². The van der Waals surface area contributed by atoms with Gasteiger partial charge in [0.15, 0.2) is 6.67 Å².